The minimum absolute atomic E-state index is 0.0987. The molecule has 0 aliphatic rings. The standard InChI is InChI=1S/C20H25ClN4O3S/c1-12(16-23-18(24-28-16)20(2,3)4)29-19-22-15-11-13(21)7-8-14(15)17(26)25(19)9-6-10-27-5/h7-8,11-12H,6,9-10H2,1-5H3. The van der Waals surface area contributed by atoms with Crippen molar-refractivity contribution in [1.82, 2.24) is 19.7 Å². The number of methoxy groups -OCH3 is 1. The summed E-state index contributed by atoms with van der Waals surface area (Å²) in [5.41, 5.74) is 0.270. The molecule has 0 saturated carbocycles. The van der Waals surface area contributed by atoms with Crippen molar-refractivity contribution >= 4 is 34.3 Å². The van der Waals surface area contributed by atoms with Gasteiger partial charge >= 0.3 is 0 Å². The second-order valence-corrected chi connectivity index (χ2v) is 9.57. The molecule has 2 heterocycles. The van der Waals surface area contributed by atoms with Gasteiger partial charge in [0, 0.05) is 30.7 Å². The maximum absolute atomic E-state index is 13.1. The third kappa shape index (κ3) is 4.99. The Kier molecular flexibility index (Phi) is 6.65. The zero-order chi connectivity index (χ0) is 21.2. The fraction of sp³-hybridized carbons (Fsp3) is 0.500. The maximum atomic E-state index is 13.1. The van der Waals surface area contributed by atoms with Gasteiger partial charge in [0.15, 0.2) is 11.0 Å². The number of rotatable bonds is 7. The Labute approximate surface area is 178 Å². The minimum Gasteiger partial charge on any atom is -0.385 e. The summed E-state index contributed by atoms with van der Waals surface area (Å²) in [6.45, 7) is 9.11. The summed E-state index contributed by atoms with van der Waals surface area (Å²) in [4.78, 5) is 22.3. The number of hydrogen-bond donors (Lipinski definition) is 0. The number of halogens is 1. The fourth-order valence-electron chi connectivity index (χ4n) is 2.74. The number of nitrogens with zero attached hydrogens (tertiary/aromatic N) is 4. The van der Waals surface area contributed by atoms with Gasteiger partial charge in [0.2, 0.25) is 5.89 Å². The Morgan fingerprint density at radius 1 is 1.31 bits per heavy atom. The molecule has 0 bridgehead atoms. The van der Waals surface area contributed by atoms with Gasteiger partial charge in [-0.3, -0.25) is 9.36 Å². The number of hydrogen-bond acceptors (Lipinski definition) is 7. The summed E-state index contributed by atoms with van der Waals surface area (Å²) in [7, 11) is 1.64. The van der Waals surface area contributed by atoms with Crippen LogP contribution in [0.5, 0.6) is 0 Å². The number of fused-ring (bicyclic) bond motifs is 1. The highest BCUT2D eigenvalue weighted by molar-refractivity contribution is 7.99. The van der Waals surface area contributed by atoms with E-state index in [1.165, 1.54) is 11.8 Å². The van der Waals surface area contributed by atoms with Gasteiger partial charge in [-0.25, -0.2) is 4.98 Å². The monoisotopic (exact) mass is 436 g/mol. The van der Waals surface area contributed by atoms with Crippen molar-refractivity contribution in [3.63, 3.8) is 0 Å². The van der Waals surface area contributed by atoms with Crippen LogP contribution in [0.25, 0.3) is 10.9 Å². The first-order chi connectivity index (χ1) is 13.7. The summed E-state index contributed by atoms with van der Waals surface area (Å²) in [5, 5.41) is 5.58. The molecule has 2 aromatic heterocycles. The van der Waals surface area contributed by atoms with Gasteiger partial charge < -0.3 is 9.26 Å². The molecule has 0 amide bonds. The van der Waals surface area contributed by atoms with E-state index >= 15 is 0 Å². The van der Waals surface area contributed by atoms with Crippen LogP contribution in [0.4, 0.5) is 0 Å². The fourth-order valence-corrected chi connectivity index (χ4v) is 3.87. The normalized spacial score (nSPS) is 13.2. The van der Waals surface area contributed by atoms with Crippen LogP contribution >= 0.6 is 23.4 Å². The Balaban J connectivity index is 1.98. The molecule has 0 saturated heterocycles. The number of ether oxygens (including phenoxy) is 1. The highest BCUT2D eigenvalue weighted by Crippen LogP contribution is 2.34. The average Bonchev–Trinajstić information content (AvgIpc) is 3.15. The lowest BCUT2D eigenvalue weighted by atomic mass is 9.96. The molecule has 9 heteroatoms. The van der Waals surface area contributed by atoms with E-state index in [1.807, 2.05) is 27.7 Å². The van der Waals surface area contributed by atoms with Gasteiger partial charge in [-0.15, -0.1) is 0 Å². The van der Waals surface area contributed by atoms with Crippen molar-refractivity contribution in [3.05, 3.63) is 45.3 Å². The Morgan fingerprint density at radius 2 is 2.07 bits per heavy atom. The molecule has 3 aromatic rings. The first kappa shape index (κ1) is 21.8. The van der Waals surface area contributed by atoms with Crippen LogP contribution in [0.1, 0.15) is 51.1 Å². The number of aromatic nitrogens is 4. The van der Waals surface area contributed by atoms with E-state index in [2.05, 4.69) is 10.1 Å². The van der Waals surface area contributed by atoms with Gasteiger partial charge in [-0.05, 0) is 31.5 Å². The SMILES string of the molecule is COCCCn1c(SC(C)c2nc(C(C)(C)C)no2)nc2cc(Cl)ccc2c1=O. The minimum atomic E-state index is -0.202. The Morgan fingerprint density at radius 3 is 2.72 bits per heavy atom. The van der Waals surface area contributed by atoms with E-state index in [0.717, 1.165) is 0 Å². The van der Waals surface area contributed by atoms with Crippen LogP contribution in [0, 0.1) is 0 Å². The van der Waals surface area contributed by atoms with E-state index in [0.29, 0.717) is 52.4 Å². The molecule has 1 unspecified atom stereocenters. The van der Waals surface area contributed by atoms with Crippen molar-refractivity contribution in [3.8, 4) is 0 Å². The van der Waals surface area contributed by atoms with Crippen molar-refractivity contribution in [2.45, 2.75) is 56.5 Å². The van der Waals surface area contributed by atoms with Gasteiger partial charge in [0.25, 0.3) is 5.56 Å². The van der Waals surface area contributed by atoms with E-state index in [1.54, 1.807) is 29.9 Å². The zero-order valence-corrected chi connectivity index (χ0v) is 18.8. The van der Waals surface area contributed by atoms with Crippen molar-refractivity contribution in [2.24, 2.45) is 0 Å². The predicted octanol–water partition coefficient (Wildman–Crippen LogP) is 4.62. The summed E-state index contributed by atoms with van der Waals surface area (Å²) in [6, 6.07) is 5.12. The molecule has 1 aromatic carbocycles. The van der Waals surface area contributed by atoms with Crippen LogP contribution in [0.15, 0.2) is 32.7 Å². The lowest BCUT2D eigenvalue weighted by Gasteiger charge is -2.15. The molecular formula is C20H25ClN4O3S. The molecule has 0 spiro atoms. The largest absolute Gasteiger partial charge is 0.385 e. The van der Waals surface area contributed by atoms with Crippen LogP contribution < -0.4 is 5.56 Å². The Hall–Kier alpha value is -1.90. The van der Waals surface area contributed by atoms with Crippen molar-refractivity contribution < 1.29 is 9.26 Å². The quantitative estimate of drug-likeness (QED) is 0.303. The summed E-state index contributed by atoms with van der Waals surface area (Å²) >= 11 is 7.52. The number of thioether (sulfide) groups is 1. The van der Waals surface area contributed by atoms with Gasteiger partial charge in [-0.1, -0.05) is 49.3 Å². The summed E-state index contributed by atoms with van der Waals surface area (Å²) in [6.07, 6.45) is 0.702. The Bertz CT molecular complexity index is 1060. The maximum Gasteiger partial charge on any atom is 0.262 e. The summed E-state index contributed by atoms with van der Waals surface area (Å²) in [5.74, 6) is 1.15. The number of benzene rings is 1. The molecule has 0 radical (unpaired) electrons. The topological polar surface area (TPSA) is 83.0 Å². The predicted molar refractivity (Wildman–Crippen MR) is 115 cm³/mol. The molecule has 3 rings (SSSR count). The second kappa shape index (κ2) is 8.85. The molecule has 0 aliphatic carbocycles. The molecule has 1 atom stereocenters. The van der Waals surface area contributed by atoms with Crippen LogP contribution in [-0.2, 0) is 16.7 Å². The average molecular weight is 437 g/mol. The zero-order valence-electron chi connectivity index (χ0n) is 17.2. The lowest BCUT2D eigenvalue weighted by Crippen LogP contribution is -2.24. The summed E-state index contributed by atoms with van der Waals surface area (Å²) < 4.78 is 12.3. The van der Waals surface area contributed by atoms with E-state index in [4.69, 9.17) is 25.8 Å². The first-order valence-corrected chi connectivity index (χ1v) is 10.7. The highest BCUT2D eigenvalue weighted by atomic mass is 35.5. The van der Waals surface area contributed by atoms with Crippen molar-refractivity contribution in [2.75, 3.05) is 13.7 Å². The third-order valence-electron chi connectivity index (χ3n) is 4.36. The molecule has 156 valence electrons. The third-order valence-corrected chi connectivity index (χ3v) is 5.67. The van der Waals surface area contributed by atoms with E-state index in [9.17, 15) is 4.79 Å². The van der Waals surface area contributed by atoms with Gasteiger partial charge in [-0.2, -0.15) is 4.98 Å². The molecule has 0 aliphatic heterocycles. The van der Waals surface area contributed by atoms with Crippen LogP contribution in [0.2, 0.25) is 5.02 Å². The highest BCUT2D eigenvalue weighted by Gasteiger charge is 2.25. The molecule has 7 nitrogen and oxygen atoms in total. The smallest absolute Gasteiger partial charge is 0.262 e. The van der Waals surface area contributed by atoms with E-state index in [-0.39, 0.29) is 16.2 Å². The molecular weight excluding hydrogens is 412 g/mol. The van der Waals surface area contributed by atoms with Gasteiger partial charge in [0.1, 0.15) is 0 Å². The molecule has 0 N–H and O–H groups in total. The van der Waals surface area contributed by atoms with Crippen molar-refractivity contribution in [1.29, 1.82) is 0 Å². The molecule has 29 heavy (non-hydrogen) atoms. The first-order valence-electron chi connectivity index (χ1n) is 9.40. The van der Waals surface area contributed by atoms with Gasteiger partial charge in [0.05, 0.1) is 16.2 Å². The lowest BCUT2D eigenvalue weighted by molar-refractivity contribution is 0.189. The van der Waals surface area contributed by atoms with Crippen LogP contribution in [-0.4, -0.2) is 33.4 Å². The van der Waals surface area contributed by atoms with Crippen LogP contribution in [0.3, 0.4) is 0 Å². The second-order valence-electron chi connectivity index (χ2n) is 7.83. The van der Waals surface area contributed by atoms with E-state index < -0.39 is 0 Å². The molecule has 0 fully saturated rings.